The first-order chi connectivity index (χ1) is 7.04. The van der Waals surface area contributed by atoms with Crippen LogP contribution in [-0.2, 0) is 4.79 Å². The largest absolute Gasteiger partial charge is 0.322 e. The zero-order chi connectivity index (χ0) is 11.4. The fraction of sp³-hybridized carbons (Fsp3) is 0.300. The molecule has 0 heterocycles. The van der Waals surface area contributed by atoms with E-state index >= 15 is 0 Å². The van der Waals surface area contributed by atoms with E-state index in [9.17, 15) is 13.6 Å². The van der Waals surface area contributed by atoms with E-state index in [2.05, 4.69) is 5.32 Å². The fourth-order valence-electron chi connectivity index (χ4n) is 1.00. The van der Waals surface area contributed by atoms with Gasteiger partial charge in [0.05, 0.1) is 11.7 Å². The second-order valence-corrected chi connectivity index (χ2v) is 3.13. The summed E-state index contributed by atoms with van der Waals surface area (Å²) >= 11 is 0. The van der Waals surface area contributed by atoms with Crippen LogP contribution in [0.3, 0.4) is 0 Å². The zero-order valence-electron chi connectivity index (χ0n) is 8.26. The molecule has 0 aliphatic rings. The number of carbonyl (C=O) groups is 1. The average Bonchev–Trinajstić information content (AvgIpc) is 2.22. The van der Waals surface area contributed by atoms with Crippen LogP contribution in [0.4, 0.5) is 14.5 Å². The molecule has 0 aliphatic carbocycles. The Morgan fingerprint density at radius 1 is 1.53 bits per heavy atom. The Labute approximate surface area is 86.3 Å². The molecule has 82 valence electrons. The van der Waals surface area contributed by atoms with Crippen LogP contribution >= 0.6 is 0 Å². The highest BCUT2D eigenvalue weighted by Gasteiger charge is 2.13. The van der Waals surface area contributed by atoms with Crippen molar-refractivity contribution in [1.29, 1.82) is 0 Å². The number of amides is 1. The maximum Gasteiger partial charge on any atom is 0.241 e. The van der Waals surface area contributed by atoms with Gasteiger partial charge in [-0.15, -0.1) is 0 Å². The predicted octanol–water partition coefficient (Wildman–Crippen LogP) is 1.64. The van der Waals surface area contributed by atoms with Crippen molar-refractivity contribution in [2.45, 2.75) is 19.4 Å². The summed E-state index contributed by atoms with van der Waals surface area (Å²) in [4.78, 5) is 11.3. The van der Waals surface area contributed by atoms with Crippen molar-refractivity contribution in [2.75, 3.05) is 5.32 Å². The third-order valence-electron chi connectivity index (χ3n) is 1.96. The molecule has 0 radical (unpaired) electrons. The Balaban J connectivity index is 2.80. The molecular weight excluding hydrogens is 202 g/mol. The van der Waals surface area contributed by atoms with Crippen LogP contribution in [-0.4, -0.2) is 11.9 Å². The average molecular weight is 214 g/mol. The van der Waals surface area contributed by atoms with Gasteiger partial charge in [-0.2, -0.15) is 0 Å². The van der Waals surface area contributed by atoms with Gasteiger partial charge in [0.2, 0.25) is 5.91 Å². The topological polar surface area (TPSA) is 55.1 Å². The maximum atomic E-state index is 13.1. The molecular formula is C10H12F2N2O. The summed E-state index contributed by atoms with van der Waals surface area (Å²) in [5, 5.41) is 2.22. The Morgan fingerprint density at radius 3 is 2.80 bits per heavy atom. The Kier molecular flexibility index (Phi) is 3.74. The highest BCUT2D eigenvalue weighted by atomic mass is 19.1. The highest BCUT2D eigenvalue weighted by Crippen LogP contribution is 2.15. The van der Waals surface area contributed by atoms with Crippen molar-refractivity contribution in [2.24, 2.45) is 5.73 Å². The van der Waals surface area contributed by atoms with Gasteiger partial charge in [0.25, 0.3) is 0 Å². The quantitative estimate of drug-likeness (QED) is 0.803. The van der Waals surface area contributed by atoms with Crippen molar-refractivity contribution in [3.8, 4) is 0 Å². The van der Waals surface area contributed by atoms with Crippen LogP contribution in [0.2, 0.25) is 0 Å². The van der Waals surface area contributed by atoms with Crippen molar-refractivity contribution in [3.05, 3.63) is 29.8 Å². The number of rotatable bonds is 3. The summed E-state index contributed by atoms with van der Waals surface area (Å²) in [5.74, 6) is -1.83. The number of halogens is 2. The molecule has 0 unspecified atom stereocenters. The van der Waals surface area contributed by atoms with E-state index in [0.717, 1.165) is 18.2 Å². The van der Waals surface area contributed by atoms with Crippen molar-refractivity contribution < 1.29 is 13.6 Å². The van der Waals surface area contributed by atoms with Gasteiger partial charge >= 0.3 is 0 Å². The van der Waals surface area contributed by atoms with E-state index in [0.29, 0.717) is 6.42 Å². The van der Waals surface area contributed by atoms with Crippen LogP contribution < -0.4 is 11.1 Å². The van der Waals surface area contributed by atoms with Crippen LogP contribution in [0.5, 0.6) is 0 Å². The molecule has 1 aromatic carbocycles. The zero-order valence-corrected chi connectivity index (χ0v) is 8.26. The number of nitrogens with two attached hydrogens (primary N) is 1. The predicted molar refractivity (Wildman–Crippen MR) is 53.3 cm³/mol. The Bertz CT molecular complexity index is 368. The molecule has 0 saturated carbocycles. The van der Waals surface area contributed by atoms with Crippen LogP contribution in [0.25, 0.3) is 0 Å². The van der Waals surface area contributed by atoms with Gasteiger partial charge in [0.1, 0.15) is 11.6 Å². The van der Waals surface area contributed by atoms with Crippen LogP contribution in [0, 0.1) is 11.6 Å². The highest BCUT2D eigenvalue weighted by molar-refractivity contribution is 5.94. The summed E-state index contributed by atoms with van der Waals surface area (Å²) < 4.78 is 25.8. The number of hydrogen-bond acceptors (Lipinski definition) is 2. The molecule has 0 aromatic heterocycles. The molecule has 0 saturated heterocycles. The number of nitrogens with one attached hydrogen (secondary N) is 1. The lowest BCUT2D eigenvalue weighted by Crippen LogP contribution is -2.35. The summed E-state index contributed by atoms with van der Waals surface area (Å²) in [7, 11) is 0. The molecule has 0 bridgehead atoms. The summed E-state index contributed by atoms with van der Waals surface area (Å²) in [6.07, 6.45) is 0.433. The van der Waals surface area contributed by atoms with Crippen LogP contribution in [0.15, 0.2) is 18.2 Å². The molecule has 1 aromatic rings. The first-order valence-corrected chi connectivity index (χ1v) is 4.56. The standard InChI is InChI=1S/C10H12F2N2O/c1-2-8(13)10(15)14-9-5-6(11)3-4-7(9)12/h3-5,8H,2,13H2,1H3,(H,14,15)/t8-/m1/s1. The Hall–Kier alpha value is -1.49. The minimum Gasteiger partial charge on any atom is -0.322 e. The summed E-state index contributed by atoms with van der Waals surface area (Å²) in [6, 6.07) is 2.12. The molecule has 1 atom stereocenters. The van der Waals surface area contributed by atoms with Gasteiger partial charge in [-0.1, -0.05) is 6.92 Å². The van der Waals surface area contributed by atoms with E-state index in [1.807, 2.05) is 0 Å². The summed E-state index contributed by atoms with van der Waals surface area (Å²) in [5.41, 5.74) is 5.23. The summed E-state index contributed by atoms with van der Waals surface area (Å²) in [6.45, 7) is 1.73. The van der Waals surface area contributed by atoms with E-state index in [-0.39, 0.29) is 5.69 Å². The molecule has 3 nitrogen and oxygen atoms in total. The van der Waals surface area contributed by atoms with Gasteiger partial charge in [0.15, 0.2) is 0 Å². The smallest absolute Gasteiger partial charge is 0.241 e. The molecule has 3 N–H and O–H groups in total. The molecule has 5 heteroatoms. The molecule has 0 aliphatic heterocycles. The van der Waals surface area contributed by atoms with Gasteiger partial charge in [-0.3, -0.25) is 4.79 Å². The minimum atomic E-state index is -0.715. The van der Waals surface area contributed by atoms with Gasteiger partial charge in [-0.05, 0) is 18.6 Å². The van der Waals surface area contributed by atoms with Crippen molar-refractivity contribution >= 4 is 11.6 Å². The number of carbonyl (C=O) groups excluding carboxylic acids is 1. The van der Waals surface area contributed by atoms with E-state index in [1.165, 1.54) is 0 Å². The maximum absolute atomic E-state index is 13.1. The SMILES string of the molecule is CC[C@@H](N)C(=O)Nc1cc(F)ccc1F. The first-order valence-electron chi connectivity index (χ1n) is 4.56. The molecule has 1 amide bonds. The van der Waals surface area contributed by atoms with Gasteiger partial charge in [-0.25, -0.2) is 8.78 Å². The van der Waals surface area contributed by atoms with Gasteiger partial charge < -0.3 is 11.1 Å². The normalized spacial score (nSPS) is 12.3. The monoisotopic (exact) mass is 214 g/mol. The van der Waals surface area contributed by atoms with Crippen LogP contribution in [0.1, 0.15) is 13.3 Å². The van der Waals surface area contributed by atoms with Gasteiger partial charge in [0, 0.05) is 6.07 Å². The van der Waals surface area contributed by atoms with E-state index < -0.39 is 23.6 Å². The number of hydrogen-bond donors (Lipinski definition) is 2. The lowest BCUT2D eigenvalue weighted by Gasteiger charge is -2.10. The van der Waals surface area contributed by atoms with E-state index in [4.69, 9.17) is 5.73 Å². The second-order valence-electron chi connectivity index (χ2n) is 3.13. The third-order valence-corrected chi connectivity index (χ3v) is 1.96. The lowest BCUT2D eigenvalue weighted by molar-refractivity contribution is -0.117. The lowest BCUT2D eigenvalue weighted by atomic mass is 10.2. The number of anilines is 1. The third kappa shape index (κ3) is 2.99. The van der Waals surface area contributed by atoms with E-state index in [1.54, 1.807) is 6.92 Å². The Morgan fingerprint density at radius 2 is 2.20 bits per heavy atom. The second kappa shape index (κ2) is 4.84. The molecule has 0 fully saturated rings. The minimum absolute atomic E-state index is 0.191. The van der Waals surface area contributed by atoms with Crippen molar-refractivity contribution in [1.82, 2.24) is 0 Å². The molecule has 15 heavy (non-hydrogen) atoms. The first kappa shape index (κ1) is 11.6. The van der Waals surface area contributed by atoms with Crippen molar-refractivity contribution in [3.63, 3.8) is 0 Å². The molecule has 1 rings (SSSR count). The number of benzene rings is 1. The fourth-order valence-corrected chi connectivity index (χ4v) is 1.00. The molecule has 0 spiro atoms.